The van der Waals surface area contributed by atoms with Crippen LogP contribution in [-0.2, 0) is 20.0 Å². The van der Waals surface area contributed by atoms with Gasteiger partial charge in [0.25, 0.3) is 0 Å². The Bertz CT molecular complexity index is 732. The first kappa shape index (κ1) is 19.0. The Hall–Kier alpha value is -2.37. The molecule has 25 heavy (non-hydrogen) atoms. The molecule has 6 heteroatoms. The molecule has 0 bridgehead atoms. The number of nitrogens with one attached hydrogen (secondary N) is 2. The topological polar surface area (TPSA) is 67.1 Å². The van der Waals surface area contributed by atoms with Gasteiger partial charge in [0.05, 0.1) is 17.9 Å². The maximum atomic E-state index is 4.69. The zero-order valence-corrected chi connectivity index (χ0v) is 16.2. The average Bonchev–Trinajstić information content (AvgIpc) is 2.80. The van der Waals surface area contributed by atoms with Gasteiger partial charge in [-0.15, -0.1) is 0 Å². The van der Waals surface area contributed by atoms with Crippen LogP contribution >= 0.6 is 0 Å². The van der Waals surface area contributed by atoms with Crippen LogP contribution in [0.2, 0.25) is 0 Å². The van der Waals surface area contributed by atoms with E-state index in [-0.39, 0.29) is 6.04 Å². The summed E-state index contributed by atoms with van der Waals surface area (Å²) in [5.41, 5.74) is 5.79. The van der Waals surface area contributed by atoms with Gasteiger partial charge in [0.2, 0.25) is 0 Å². The molecule has 0 aromatic carbocycles. The molecule has 0 aliphatic heterocycles. The van der Waals surface area contributed by atoms with E-state index in [2.05, 4.69) is 66.4 Å². The van der Waals surface area contributed by atoms with Crippen LogP contribution in [0, 0.1) is 20.8 Å². The smallest absolute Gasteiger partial charge is 0.191 e. The number of hydrogen-bond acceptors (Lipinski definition) is 3. The van der Waals surface area contributed by atoms with E-state index in [0.29, 0.717) is 6.54 Å². The molecule has 0 radical (unpaired) electrons. The Morgan fingerprint density at radius 1 is 1.32 bits per heavy atom. The third-order valence-electron chi connectivity index (χ3n) is 4.40. The zero-order valence-electron chi connectivity index (χ0n) is 16.2. The molecule has 0 saturated carbocycles. The summed E-state index contributed by atoms with van der Waals surface area (Å²) in [6.45, 7) is 11.9. The maximum Gasteiger partial charge on any atom is 0.191 e. The van der Waals surface area contributed by atoms with E-state index in [4.69, 9.17) is 0 Å². The molecule has 0 aliphatic rings. The quantitative estimate of drug-likeness (QED) is 0.625. The van der Waals surface area contributed by atoms with Crippen molar-refractivity contribution in [3.63, 3.8) is 0 Å². The molecule has 0 saturated heterocycles. The number of hydrogen-bond donors (Lipinski definition) is 2. The fourth-order valence-corrected chi connectivity index (χ4v) is 2.86. The van der Waals surface area contributed by atoms with Crippen molar-refractivity contribution in [2.75, 3.05) is 6.54 Å². The Morgan fingerprint density at radius 2 is 2.08 bits per heavy atom. The minimum Gasteiger partial charge on any atom is -0.357 e. The number of aromatic nitrogens is 3. The van der Waals surface area contributed by atoms with Gasteiger partial charge in [-0.1, -0.05) is 6.07 Å². The Labute approximate surface area is 150 Å². The van der Waals surface area contributed by atoms with Gasteiger partial charge in [-0.3, -0.25) is 9.67 Å². The van der Waals surface area contributed by atoms with Crippen molar-refractivity contribution in [1.29, 1.82) is 0 Å². The lowest BCUT2D eigenvalue weighted by Gasteiger charge is -2.18. The van der Waals surface area contributed by atoms with Crippen LogP contribution in [0.4, 0.5) is 0 Å². The van der Waals surface area contributed by atoms with Gasteiger partial charge in [-0.05, 0) is 58.2 Å². The second-order valence-electron chi connectivity index (χ2n) is 6.48. The van der Waals surface area contributed by atoms with Crippen molar-refractivity contribution in [2.24, 2.45) is 12.0 Å². The molecule has 136 valence electrons. The SMILES string of the molecule is CCNC(=NCc1ncccc1C)NC(C)Cc1c(C)nn(C)c1C. The van der Waals surface area contributed by atoms with E-state index in [0.717, 1.165) is 35.9 Å². The fraction of sp³-hybridized carbons (Fsp3) is 0.526. The van der Waals surface area contributed by atoms with E-state index in [9.17, 15) is 0 Å². The lowest BCUT2D eigenvalue weighted by molar-refractivity contribution is 0.635. The first-order chi connectivity index (χ1) is 11.9. The van der Waals surface area contributed by atoms with Crippen molar-refractivity contribution in [3.8, 4) is 0 Å². The molecule has 2 heterocycles. The van der Waals surface area contributed by atoms with E-state index >= 15 is 0 Å². The highest BCUT2D eigenvalue weighted by atomic mass is 15.3. The van der Waals surface area contributed by atoms with Gasteiger partial charge >= 0.3 is 0 Å². The lowest BCUT2D eigenvalue weighted by atomic mass is 10.1. The van der Waals surface area contributed by atoms with Crippen molar-refractivity contribution in [2.45, 2.75) is 53.6 Å². The molecule has 2 rings (SSSR count). The monoisotopic (exact) mass is 342 g/mol. The predicted octanol–water partition coefficient (Wildman–Crippen LogP) is 2.43. The summed E-state index contributed by atoms with van der Waals surface area (Å²) in [5.74, 6) is 0.819. The Balaban J connectivity index is 2.05. The average molecular weight is 342 g/mol. The van der Waals surface area contributed by atoms with Crippen LogP contribution in [0.3, 0.4) is 0 Å². The third-order valence-corrected chi connectivity index (χ3v) is 4.40. The van der Waals surface area contributed by atoms with Gasteiger partial charge in [-0.25, -0.2) is 4.99 Å². The fourth-order valence-electron chi connectivity index (χ4n) is 2.86. The van der Waals surface area contributed by atoms with Crippen molar-refractivity contribution >= 4 is 5.96 Å². The van der Waals surface area contributed by atoms with Crippen LogP contribution in [0.1, 0.15) is 42.1 Å². The van der Waals surface area contributed by atoms with E-state index in [1.54, 1.807) is 0 Å². The van der Waals surface area contributed by atoms with Crippen LogP contribution in [0.15, 0.2) is 23.3 Å². The zero-order chi connectivity index (χ0) is 18.4. The van der Waals surface area contributed by atoms with Crippen molar-refractivity contribution in [3.05, 3.63) is 46.5 Å². The molecule has 0 spiro atoms. The van der Waals surface area contributed by atoms with E-state index in [1.165, 1.54) is 11.3 Å². The third kappa shape index (κ3) is 5.05. The number of aliphatic imine (C=N–C) groups is 1. The van der Waals surface area contributed by atoms with E-state index < -0.39 is 0 Å². The Morgan fingerprint density at radius 3 is 2.68 bits per heavy atom. The normalized spacial score (nSPS) is 13.0. The van der Waals surface area contributed by atoms with Gasteiger partial charge in [-0.2, -0.15) is 5.10 Å². The molecule has 1 unspecified atom stereocenters. The van der Waals surface area contributed by atoms with Crippen LogP contribution in [0.25, 0.3) is 0 Å². The van der Waals surface area contributed by atoms with Gasteiger partial charge in [0.15, 0.2) is 5.96 Å². The highest BCUT2D eigenvalue weighted by Crippen LogP contribution is 2.14. The van der Waals surface area contributed by atoms with Gasteiger partial charge in [0.1, 0.15) is 0 Å². The summed E-state index contributed by atoms with van der Waals surface area (Å²) < 4.78 is 1.94. The molecule has 0 fully saturated rings. The molecule has 6 nitrogen and oxygen atoms in total. The molecule has 0 amide bonds. The second kappa shape index (κ2) is 8.65. The molecule has 1 atom stereocenters. The number of nitrogens with zero attached hydrogens (tertiary/aromatic N) is 4. The number of aryl methyl sites for hydroxylation is 3. The maximum absolute atomic E-state index is 4.69. The van der Waals surface area contributed by atoms with Crippen LogP contribution in [0.5, 0.6) is 0 Å². The molecular formula is C19H30N6. The summed E-state index contributed by atoms with van der Waals surface area (Å²) >= 11 is 0. The standard InChI is InChI=1S/C19H30N6/c1-7-20-19(22-12-18-13(2)9-8-10-21-18)23-14(3)11-17-15(4)24-25(6)16(17)5/h8-10,14H,7,11-12H2,1-6H3,(H2,20,22,23). The molecule has 2 aromatic rings. The molecule has 0 aliphatic carbocycles. The number of pyridine rings is 1. The van der Waals surface area contributed by atoms with Gasteiger partial charge in [0, 0.05) is 31.5 Å². The molecule has 2 N–H and O–H groups in total. The largest absolute Gasteiger partial charge is 0.357 e. The second-order valence-corrected chi connectivity index (χ2v) is 6.48. The lowest BCUT2D eigenvalue weighted by Crippen LogP contribution is -2.43. The summed E-state index contributed by atoms with van der Waals surface area (Å²) in [7, 11) is 1.99. The minimum absolute atomic E-state index is 0.254. The van der Waals surface area contributed by atoms with Gasteiger partial charge < -0.3 is 10.6 Å². The number of guanidine groups is 1. The summed E-state index contributed by atoms with van der Waals surface area (Å²) in [6.07, 6.45) is 2.73. The molecular weight excluding hydrogens is 312 g/mol. The Kier molecular flexibility index (Phi) is 6.56. The van der Waals surface area contributed by atoms with Crippen LogP contribution in [-0.4, -0.2) is 33.3 Å². The first-order valence-corrected chi connectivity index (χ1v) is 8.86. The minimum atomic E-state index is 0.254. The van der Waals surface area contributed by atoms with E-state index in [1.807, 2.05) is 24.0 Å². The summed E-state index contributed by atoms with van der Waals surface area (Å²) in [6, 6.07) is 4.27. The molecule has 2 aromatic heterocycles. The van der Waals surface area contributed by atoms with Crippen LogP contribution < -0.4 is 10.6 Å². The first-order valence-electron chi connectivity index (χ1n) is 8.86. The number of rotatable bonds is 6. The predicted molar refractivity (Wildman–Crippen MR) is 103 cm³/mol. The highest BCUT2D eigenvalue weighted by molar-refractivity contribution is 5.80. The summed E-state index contributed by atoms with van der Waals surface area (Å²) in [4.78, 5) is 9.10. The summed E-state index contributed by atoms with van der Waals surface area (Å²) in [5, 5.41) is 11.3. The van der Waals surface area contributed by atoms with Crippen molar-refractivity contribution in [1.82, 2.24) is 25.4 Å². The highest BCUT2D eigenvalue weighted by Gasteiger charge is 2.14. The van der Waals surface area contributed by atoms with Crippen molar-refractivity contribution < 1.29 is 0 Å².